The van der Waals surface area contributed by atoms with Crippen LogP contribution in [0.25, 0.3) is 0 Å². The monoisotopic (exact) mass is 232 g/mol. The third kappa shape index (κ3) is 4.14. The maximum absolute atomic E-state index is 3.49. The summed E-state index contributed by atoms with van der Waals surface area (Å²) in [6.45, 7) is 7.14. The molecule has 1 saturated heterocycles. The van der Waals surface area contributed by atoms with E-state index in [9.17, 15) is 0 Å². The molecule has 94 valence electrons. The van der Waals surface area contributed by atoms with Gasteiger partial charge in [0.25, 0.3) is 0 Å². The quantitative estimate of drug-likeness (QED) is 0.860. The predicted octanol–water partition coefficient (Wildman–Crippen LogP) is 2.30. The summed E-state index contributed by atoms with van der Waals surface area (Å²) in [7, 11) is 0. The first-order valence-corrected chi connectivity index (χ1v) is 6.85. The van der Waals surface area contributed by atoms with Gasteiger partial charge in [0, 0.05) is 12.6 Å². The lowest BCUT2D eigenvalue weighted by atomic mass is 10.1. The zero-order chi connectivity index (χ0) is 11.9. The van der Waals surface area contributed by atoms with Gasteiger partial charge < -0.3 is 10.2 Å². The molecule has 1 N–H and O–H groups in total. The van der Waals surface area contributed by atoms with Gasteiger partial charge in [-0.05, 0) is 51.4 Å². The second-order valence-corrected chi connectivity index (χ2v) is 5.01. The van der Waals surface area contributed by atoms with E-state index >= 15 is 0 Å². The Hall–Kier alpha value is -0.860. The maximum atomic E-state index is 3.49. The molecular weight excluding hydrogens is 208 g/mol. The van der Waals surface area contributed by atoms with Gasteiger partial charge in [0.15, 0.2) is 0 Å². The van der Waals surface area contributed by atoms with Crippen LogP contribution >= 0.6 is 0 Å². The first-order valence-electron chi connectivity index (χ1n) is 6.85. The molecule has 1 fully saturated rings. The fraction of sp³-hybridized carbons (Fsp3) is 0.600. The van der Waals surface area contributed by atoms with Crippen molar-refractivity contribution in [3.05, 3.63) is 35.9 Å². The normalized spacial score (nSPS) is 23.0. The van der Waals surface area contributed by atoms with E-state index in [-0.39, 0.29) is 0 Å². The Morgan fingerprint density at radius 1 is 1.24 bits per heavy atom. The highest BCUT2D eigenvalue weighted by molar-refractivity contribution is 5.14. The molecule has 2 heteroatoms. The van der Waals surface area contributed by atoms with Gasteiger partial charge in [0.2, 0.25) is 0 Å². The first kappa shape index (κ1) is 12.6. The van der Waals surface area contributed by atoms with Crippen LogP contribution in [0, 0.1) is 0 Å². The van der Waals surface area contributed by atoms with Crippen LogP contribution in [0.1, 0.15) is 25.3 Å². The third-order valence-electron chi connectivity index (χ3n) is 3.69. The molecular formula is C15H24N2. The van der Waals surface area contributed by atoms with E-state index in [0.717, 1.165) is 0 Å². The Balaban J connectivity index is 1.83. The fourth-order valence-corrected chi connectivity index (χ4v) is 2.50. The van der Waals surface area contributed by atoms with Crippen molar-refractivity contribution >= 4 is 0 Å². The van der Waals surface area contributed by atoms with E-state index in [2.05, 4.69) is 47.5 Å². The molecule has 17 heavy (non-hydrogen) atoms. The highest BCUT2D eigenvalue weighted by Gasteiger charge is 2.14. The molecule has 1 atom stereocenters. The molecule has 0 amide bonds. The van der Waals surface area contributed by atoms with Gasteiger partial charge in [0.05, 0.1) is 0 Å². The van der Waals surface area contributed by atoms with Gasteiger partial charge in [-0.25, -0.2) is 0 Å². The molecule has 0 spiro atoms. The van der Waals surface area contributed by atoms with Crippen LogP contribution in [-0.4, -0.2) is 37.1 Å². The molecule has 1 aromatic carbocycles. The Kier molecular flexibility index (Phi) is 5.02. The number of nitrogens with one attached hydrogen (secondary N) is 1. The summed E-state index contributed by atoms with van der Waals surface area (Å²) in [6.07, 6.45) is 3.73. The molecule has 0 aromatic heterocycles. The molecule has 0 aliphatic carbocycles. The van der Waals surface area contributed by atoms with Crippen molar-refractivity contribution in [1.29, 1.82) is 0 Å². The van der Waals surface area contributed by atoms with Crippen molar-refractivity contribution in [2.45, 2.75) is 32.2 Å². The third-order valence-corrected chi connectivity index (χ3v) is 3.69. The molecule has 1 aliphatic heterocycles. The largest absolute Gasteiger partial charge is 0.317 e. The minimum Gasteiger partial charge on any atom is -0.317 e. The Labute approximate surface area is 105 Å². The van der Waals surface area contributed by atoms with Gasteiger partial charge in [-0.2, -0.15) is 0 Å². The fourth-order valence-electron chi connectivity index (χ4n) is 2.50. The molecule has 1 unspecified atom stereocenters. The van der Waals surface area contributed by atoms with Crippen molar-refractivity contribution < 1.29 is 0 Å². The molecule has 1 aromatic rings. The number of rotatable bonds is 3. The second kappa shape index (κ2) is 6.77. The molecule has 0 radical (unpaired) electrons. The van der Waals surface area contributed by atoms with Crippen LogP contribution in [0.15, 0.2) is 30.3 Å². The van der Waals surface area contributed by atoms with E-state index in [4.69, 9.17) is 0 Å². The van der Waals surface area contributed by atoms with Crippen LogP contribution in [0.4, 0.5) is 0 Å². The lowest BCUT2D eigenvalue weighted by Crippen LogP contribution is -2.41. The molecule has 1 aliphatic rings. The lowest BCUT2D eigenvalue weighted by molar-refractivity contribution is 0.187. The molecule has 0 bridgehead atoms. The first-order chi connectivity index (χ1) is 8.36. The standard InChI is InChI=1S/C15H24N2/c1-14-8-11-16-10-5-12-17(14)13-9-15-6-3-2-4-7-15/h2-4,6-7,14,16H,5,8-13H2,1H3. The number of hydrogen-bond acceptors (Lipinski definition) is 2. The van der Waals surface area contributed by atoms with Crippen molar-refractivity contribution in [3.8, 4) is 0 Å². The summed E-state index contributed by atoms with van der Waals surface area (Å²) in [4.78, 5) is 2.65. The van der Waals surface area contributed by atoms with Gasteiger partial charge in [0.1, 0.15) is 0 Å². The molecule has 0 saturated carbocycles. The second-order valence-electron chi connectivity index (χ2n) is 5.01. The minimum atomic E-state index is 0.714. The predicted molar refractivity (Wildman–Crippen MR) is 73.3 cm³/mol. The summed E-state index contributed by atoms with van der Waals surface area (Å²) in [5.74, 6) is 0. The number of benzene rings is 1. The molecule has 1 heterocycles. The van der Waals surface area contributed by atoms with Crippen LogP contribution < -0.4 is 5.32 Å². The maximum Gasteiger partial charge on any atom is 0.00791 e. The number of hydrogen-bond donors (Lipinski definition) is 1. The smallest absolute Gasteiger partial charge is 0.00791 e. The summed E-state index contributed by atoms with van der Waals surface area (Å²) in [6, 6.07) is 11.5. The SMILES string of the molecule is CC1CCNCCCN1CCc1ccccc1. The van der Waals surface area contributed by atoms with Crippen LogP contribution in [0.5, 0.6) is 0 Å². The van der Waals surface area contributed by atoms with E-state index in [1.807, 2.05) is 0 Å². The minimum absolute atomic E-state index is 0.714. The summed E-state index contributed by atoms with van der Waals surface area (Å²) >= 11 is 0. The van der Waals surface area contributed by atoms with Crippen molar-refractivity contribution in [3.63, 3.8) is 0 Å². The van der Waals surface area contributed by atoms with Gasteiger partial charge >= 0.3 is 0 Å². The van der Waals surface area contributed by atoms with Crippen molar-refractivity contribution in [1.82, 2.24) is 10.2 Å². The topological polar surface area (TPSA) is 15.3 Å². The Morgan fingerprint density at radius 3 is 2.88 bits per heavy atom. The Morgan fingerprint density at radius 2 is 2.06 bits per heavy atom. The lowest BCUT2D eigenvalue weighted by Gasteiger charge is -2.31. The zero-order valence-electron chi connectivity index (χ0n) is 10.9. The van der Waals surface area contributed by atoms with Crippen LogP contribution in [0.2, 0.25) is 0 Å². The van der Waals surface area contributed by atoms with Gasteiger partial charge in [-0.15, -0.1) is 0 Å². The van der Waals surface area contributed by atoms with Crippen LogP contribution in [-0.2, 0) is 6.42 Å². The molecule has 2 nitrogen and oxygen atoms in total. The summed E-state index contributed by atoms with van der Waals surface area (Å²) < 4.78 is 0. The van der Waals surface area contributed by atoms with E-state index in [1.54, 1.807) is 0 Å². The van der Waals surface area contributed by atoms with Crippen molar-refractivity contribution in [2.75, 3.05) is 26.2 Å². The van der Waals surface area contributed by atoms with Gasteiger partial charge in [-0.1, -0.05) is 30.3 Å². The summed E-state index contributed by atoms with van der Waals surface area (Å²) in [5, 5.41) is 3.49. The van der Waals surface area contributed by atoms with E-state index < -0.39 is 0 Å². The van der Waals surface area contributed by atoms with E-state index in [1.165, 1.54) is 51.0 Å². The number of nitrogens with zero attached hydrogens (tertiary/aromatic N) is 1. The zero-order valence-corrected chi connectivity index (χ0v) is 10.9. The van der Waals surface area contributed by atoms with E-state index in [0.29, 0.717) is 6.04 Å². The summed E-state index contributed by atoms with van der Waals surface area (Å²) in [5.41, 5.74) is 1.46. The highest BCUT2D eigenvalue weighted by atomic mass is 15.2. The average Bonchev–Trinajstić information content (AvgIpc) is 2.35. The van der Waals surface area contributed by atoms with Crippen molar-refractivity contribution in [2.24, 2.45) is 0 Å². The average molecular weight is 232 g/mol. The van der Waals surface area contributed by atoms with Crippen LogP contribution in [0.3, 0.4) is 0 Å². The Bertz CT molecular complexity index is 310. The molecule has 2 rings (SSSR count). The highest BCUT2D eigenvalue weighted by Crippen LogP contribution is 2.09. The van der Waals surface area contributed by atoms with Gasteiger partial charge in [-0.3, -0.25) is 0 Å².